The maximum absolute atomic E-state index is 11.0. The van der Waals surface area contributed by atoms with Crippen LogP contribution in [0, 0.1) is 5.92 Å². The predicted molar refractivity (Wildman–Crippen MR) is 46.3 cm³/mol. The van der Waals surface area contributed by atoms with Crippen LogP contribution >= 0.6 is 0 Å². The molecule has 0 amide bonds. The maximum Gasteiger partial charge on any atom is 0.312 e. The minimum absolute atomic E-state index is 0.327. The fourth-order valence-corrected chi connectivity index (χ4v) is 1.69. The number of hydrogen-bond acceptors (Lipinski definition) is 2. The van der Waals surface area contributed by atoms with Crippen molar-refractivity contribution in [2.75, 3.05) is 0 Å². The minimum Gasteiger partial charge on any atom is -0.481 e. The van der Waals surface area contributed by atoms with Crippen molar-refractivity contribution in [1.29, 1.82) is 0 Å². The van der Waals surface area contributed by atoms with Gasteiger partial charge in [-0.1, -0.05) is 0 Å². The molecule has 1 saturated carbocycles. The molecule has 13 heavy (non-hydrogen) atoms. The number of carboxylic acid groups (broad SMARTS) is 1. The number of hydrogen-bond donors (Lipinski definition) is 1. The summed E-state index contributed by atoms with van der Waals surface area (Å²) in [7, 11) is 1.79. The molecule has 0 aromatic carbocycles. The second-order valence-corrected chi connectivity index (χ2v) is 3.53. The van der Waals surface area contributed by atoms with Gasteiger partial charge in [-0.15, -0.1) is 0 Å². The molecule has 2 rings (SSSR count). The highest BCUT2D eigenvalue weighted by Gasteiger charge is 2.38. The van der Waals surface area contributed by atoms with Crippen LogP contribution in [0.5, 0.6) is 0 Å². The SMILES string of the molecule is Cn1nccc1C(C(=O)O)C1CC1. The van der Waals surface area contributed by atoms with Gasteiger partial charge in [0.05, 0.1) is 5.69 Å². The van der Waals surface area contributed by atoms with Gasteiger partial charge in [-0.25, -0.2) is 0 Å². The normalized spacial score (nSPS) is 18.5. The number of carbonyl (C=O) groups is 1. The summed E-state index contributed by atoms with van der Waals surface area (Å²) < 4.78 is 1.65. The summed E-state index contributed by atoms with van der Waals surface area (Å²) >= 11 is 0. The van der Waals surface area contributed by atoms with Gasteiger partial charge in [0.25, 0.3) is 0 Å². The van der Waals surface area contributed by atoms with Crippen molar-refractivity contribution in [2.24, 2.45) is 13.0 Å². The van der Waals surface area contributed by atoms with Gasteiger partial charge in [-0.3, -0.25) is 9.48 Å². The van der Waals surface area contributed by atoms with E-state index in [0.717, 1.165) is 18.5 Å². The lowest BCUT2D eigenvalue weighted by Gasteiger charge is -2.10. The lowest BCUT2D eigenvalue weighted by molar-refractivity contribution is -0.139. The zero-order valence-electron chi connectivity index (χ0n) is 7.47. The Kier molecular flexibility index (Phi) is 1.83. The van der Waals surface area contributed by atoms with Gasteiger partial charge >= 0.3 is 5.97 Å². The third-order valence-corrected chi connectivity index (χ3v) is 2.54. The molecule has 1 heterocycles. The molecule has 1 N–H and O–H groups in total. The minimum atomic E-state index is -0.730. The van der Waals surface area contributed by atoms with Crippen LogP contribution in [0.1, 0.15) is 24.5 Å². The first-order chi connectivity index (χ1) is 6.20. The van der Waals surface area contributed by atoms with Gasteiger partial charge < -0.3 is 5.11 Å². The Morgan fingerprint density at radius 2 is 2.46 bits per heavy atom. The zero-order chi connectivity index (χ0) is 9.42. The summed E-state index contributed by atoms with van der Waals surface area (Å²) in [5, 5.41) is 13.0. The van der Waals surface area contributed by atoms with E-state index in [4.69, 9.17) is 5.11 Å². The van der Waals surface area contributed by atoms with Crippen molar-refractivity contribution < 1.29 is 9.90 Å². The summed E-state index contributed by atoms with van der Waals surface area (Å²) in [5.74, 6) is -0.758. The molecule has 1 aromatic heterocycles. The zero-order valence-corrected chi connectivity index (χ0v) is 7.47. The van der Waals surface area contributed by atoms with Crippen molar-refractivity contribution >= 4 is 5.97 Å². The maximum atomic E-state index is 11.0. The number of aryl methyl sites for hydroxylation is 1. The van der Waals surface area contributed by atoms with Crippen molar-refractivity contribution in [1.82, 2.24) is 9.78 Å². The Labute approximate surface area is 76.2 Å². The first kappa shape index (κ1) is 8.29. The molecule has 0 spiro atoms. The molecule has 1 unspecified atom stereocenters. The van der Waals surface area contributed by atoms with Crippen LogP contribution in [0.2, 0.25) is 0 Å². The van der Waals surface area contributed by atoms with E-state index >= 15 is 0 Å². The fraction of sp³-hybridized carbons (Fsp3) is 0.556. The van der Waals surface area contributed by atoms with E-state index in [1.807, 2.05) is 0 Å². The van der Waals surface area contributed by atoms with Gasteiger partial charge in [0.2, 0.25) is 0 Å². The number of carboxylic acids is 1. The molecule has 1 atom stereocenters. The predicted octanol–water partition coefficient (Wildman–Crippen LogP) is 0.998. The van der Waals surface area contributed by atoms with E-state index in [1.165, 1.54) is 0 Å². The first-order valence-corrected chi connectivity index (χ1v) is 4.41. The Bertz CT molecular complexity index is 328. The number of aromatic nitrogens is 2. The standard InChI is InChI=1S/C9H12N2O2/c1-11-7(4-5-10-11)8(9(12)13)6-2-3-6/h4-6,8H,2-3H2,1H3,(H,12,13). The van der Waals surface area contributed by atoms with Crippen LogP contribution < -0.4 is 0 Å². The van der Waals surface area contributed by atoms with Crippen LogP contribution in [-0.2, 0) is 11.8 Å². The Morgan fingerprint density at radius 1 is 1.77 bits per heavy atom. The summed E-state index contributed by atoms with van der Waals surface area (Å²) in [6.07, 6.45) is 3.71. The van der Waals surface area contributed by atoms with Crippen LogP contribution in [-0.4, -0.2) is 20.9 Å². The second-order valence-electron chi connectivity index (χ2n) is 3.53. The third kappa shape index (κ3) is 1.43. The fourth-order valence-electron chi connectivity index (χ4n) is 1.69. The van der Waals surface area contributed by atoms with Crippen molar-refractivity contribution in [3.05, 3.63) is 18.0 Å². The summed E-state index contributed by atoms with van der Waals surface area (Å²) in [6.45, 7) is 0. The van der Waals surface area contributed by atoms with E-state index in [0.29, 0.717) is 5.92 Å². The van der Waals surface area contributed by atoms with Crippen molar-refractivity contribution in [3.63, 3.8) is 0 Å². The average molecular weight is 180 g/mol. The third-order valence-electron chi connectivity index (χ3n) is 2.54. The van der Waals surface area contributed by atoms with E-state index < -0.39 is 5.97 Å². The molecule has 1 fully saturated rings. The summed E-state index contributed by atoms with van der Waals surface area (Å²) in [5.41, 5.74) is 0.815. The Hall–Kier alpha value is -1.32. The molecule has 4 nitrogen and oxygen atoms in total. The highest BCUT2D eigenvalue weighted by atomic mass is 16.4. The van der Waals surface area contributed by atoms with Gasteiger partial charge in [0, 0.05) is 13.2 Å². The quantitative estimate of drug-likeness (QED) is 0.754. The molecule has 0 aliphatic heterocycles. The van der Waals surface area contributed by atoms with E-state index in [1.54, 1.807) is 24.0 Å². The lowest BCUT2D eigenvalue weighted by Crippen LogP contribution is -2.17. The summed E-state index contributed by atoms with van der Waals surface area (Å²) in [4.78, 5) is 11.0. The highest BCUT2D eigenvalue weighted by Crippen LogP contribution is 2.42. The molecule has 0 saturated heterocycles. The Morgan fingerprint density at radius 3 is 2.85 bits per heavy atom. The van der Waals surface area contributed by atoms with Crippen LogP contribution in [0.25, 0.3) is 0 Å². The molecule has 1 aliphatic rings. The van der Waals surface area contributed by atoms with Crippen LogP contribution in [0.4, 0.5) is 0 Å². The monoisotopic (exact) mass is 180 g/mol. The molecule has 4 heteroatoms. The molecule has 0 bridgehead atoms. The molecule has 70 valence electrons. The van der Waals surface area contributed by atoms with E-state index in [2.05, 4.69) is 5.10 Å². The molecular weight excluding hydrogens is 168 g/mol. The number of rotatable bonds is 3. The van der Waals surface area contributed by atoms with Gasteiger partial charge in [0.15, 0.2) is 0 Å². The van der Waals surface area contributed by atoms with Gasteiger partial charge in [-0.2, -0.15) is 5.10 Å². The topological polar surface area (TPSA) is 55.1 Å². The van der Waals surface area contributed by atoms with Crippen molar-refractivity contribution in [3.8, 4) is 0 Å². The van der Waals surface area contributed by atoms with E-state index in [9.17, 15) is 4.79 Å². The number of nitrogens with zero attached hydrogens (tertiary/aromatic N) is 2. The largest absolute Gasteiger partial charge is 0.481 e. The lowest BCUT2D eigenvalue weighted by atomic mass is 10.0. The number of aliphatic carboxylic acids is 1. The van der Waals surface area contributed by atoms with Crippen molar-refractivity contribution in [2.45, 2.75) is 18.8 Å². The van der Waals surface area contributed by atoms with Crippen LogP contribution in [0.3, 0.4) is 0 Å². The van der Waals surface area contributed by atoms with Gasteiger partial charge in [-0.05, 0) is 24.8 Å². The highest BCUT2D eigenvalue weighted by molar-refractivity contribution is 5.76. The first-order valence-electron chi connectivity index (χ1n) is 4.41. The van der Waals surface area contributed by atoms with Gasteiger partial charge in [0.1, 0.15) is 5.92 Å². The molecular formula is C9H12N2O2. The second kappa shape index (κ2) is 2.87. The Balaban J connectivity index is 2.30. The molecule has 1 aromatic rings. The average Bonchev–Trinajstić information content (AvgIpc) is 2.78. The smallest absolute Gasteiger partial charge is 0.312 e. The van der Waals surface area contributed by atoms with E-state index in [-0.39, 0.29) is 5.92 Å². The molecule has 0 radical (unpaired) electrons. The molecule has 1 aliphatic carbocycles. The van der Waals surface area contributed by atoms with Crippen LogP contribution in [0.15, 0.2) is 12.3 Å². The summed E-state index contributed by atoms with van der Waals surface area (Å²) in [6, 6.07) is 1.79.